The Morgan fingerprint density at radius 2 is 1.74 bits per heavy atom. The molecule has 2 aromatic carbocycles. The fourth-order valence-corrected chi connectivity index (χ4v) is 4.68. The summed E-state index contributed by atoms with van der Waals surface area (Å²) in [4.78, 5) is 2.37. The molecule has 0 unspecified atom stereocenters. The van der Waals surface area contributed by atoms with Crippen molar-refractivity contribution in [3.05, 3.63) is 71.4 Å². The highest BCUT2D eigenvalue weighted by Crippen LogP contribution is 2.37. The fourth-order valence-electron chi connectivity index (χ4n) is 4.55. The zero-order valence-corrected chi connectivity index (χ0v) is 20.3. The molecule has 1 saturated heterocycles. The van der Waals surface area contributed by atoms with Gasteiger partial charge in [-0.25, -0.2) is 4.52 Å². The summed E-state index contributed by atoms with van der Waals surface area (Å²) in [7, 11) is 0. The summed E-state index contributed by atoms with van der Waals surface area (Å²) in [6, 6.07) is 18.3. The van der Waals surface area contributed by atoms with Crippen molar-refractivity contribution in [2.24, 2.45) is 0 Å². The van der Waals surface area contributed by atoms with Gasteiger partial charge in [0.25, 0.3) is 0 Å². The maximum absolute atomic E-state index is 6.45. The summed E-state index contributed by atoms with van der Waals surface area (Å²) in [5, 5.41) is 14.1. The molecule has 1 aliphatic rings. The molecule has 3 aromatic heterocycles. The molecular formula is C27H26ClN5O2. The zero-order chi connectivity index (χ0) is 23.8. The SMILES string of the molecule is Cc1ccc(-c2cc(OCCN3CCOCC3)c3c4c(-c5ccc(Cl)cc5)n[nH]c4nn3c2)cc1. The molecule has 35 heavy (non-hydrogen) atoms. The minimum Gasteiger partial charge on any atom is -0.490 e. The smallest absolute Gasteiger partial charge is 0.179 e. The second-order valence-corrected chi connectivity index (χ2v) is 9.29. The number of nitrogens with one attached hydrogen (secondary N) is 1. The number of ether oxygens (including phenoxy) is 2. The van der Waals surface area contributed by atoms with Crippen molar-refractivity contribution in [3.8, 4) is 28.1 Å². The highest BCUT2D eigenvalue weighted by Gasteiger charge is 2.20. The molecule has 4 heterocycles. The van der Waals surface area contributed by atoms with Gasteiger partial charge < -0.3 is 9.47 Å². The van der Waals surface area contributed by atoms with Crippen LogP contribution in [-0.4, -0.2) is 64.2 Å². The first kappa shape index (κ1) is 22.1. The number of aromatic amines is 1. The molecule has 178 valence electrons. The zero-order valence-electron chi connectivity index (χ0n) is 19.5. The number of nitrogens with zero attached hydrogens (tertiary/aromatic N) is 4. The lowest BCUT2D eigenvalue weighted by atomic mass is 10.0. The van der Waals surface area contributed by atoms with Gasteiger partial charge in [0.05, 0.1) is 18.6 Å². The van der Waals surface area contributed by atoms with E-state index >= 15 is 0 Å². The van der Waals surface area contributed by atoms with Gasteiger partial charge >= 0.3 is 0 Å². The maximum Gasteiger partial charge on any atom is 0.179 e. The normalized spacial score (nSPS) is 14.7. The number of aryl methyl sites for hydroxylation is 1. The maximum atomic E-state index is 6.45. The Morgan fingerprint density at radius 1 is 1.00 bits per heavy atom. The molecule has 8 heteroatoms. The molecule has 0 bridgehead atoms. The van der Waals surface area contributed by atoms with E-state index in [1.165, 1.54) is 5.56 Å². The number of morpholine rings is 1. The number of benzene rings is 2. The molecule has 6 rings (SSSR count). The van der Waals surface area contributed by atoms with E-state index in [4.69, 9.17) is 26.2 Å². The van der Waals surface area contributed by atoms with Gasteiger partial charge in [0, 0.05) is 42.0 Å². The standard InChI is InChI=1S/C27H26ClN5O2/c1-18-2-4-19(5-3-18)21-16-23(35-15-12-32-10-13-34-14-11-32)26-24-25(20-6-8-22(28)9-7-20)29-30-27(24)31-33(26)17-21/h2-9,16-17H,10-15H2,1H3,(H,30,31). The number of aromatic nitrogens is 4. The van der Waals surface area contributed by atoms with Gasteiger partial charge in [0.2, 0.25) is 0 Å². The van der Waals surface area contributed by atoms with Crippen LogP contribution in [0.5, 0.6) is 5.75 Å². The minimum absolute atomic E-state index is 0.577. The van der Waals surface area contributed by atoms with Gasteiger partial charge in [0.15, 0.2) is 5.65 Å². The number of hydrogen-bond acceptors (Lipinski definition) is 5. The van der Waals surface area contributed by atoms with E-state index < -0.39 is 0 Å². The molecule has 0 saturated carbocycles. The lowest BCUT2D eigenvalue weighted by Crippen LogP contribution is -2.38. The molecule has 0 spiro atoms. The van der Waals surface area contributed by atoms with E-state index in [-0.39, 0.29) is 0 Å². The minimum atomic E-state index is 0.577. The van der Waals surface area contributed by atoms with Gasteiger partial charge in [-0.05, 0) is 30.7 Å². The Balaban J connectivity index is 1.44. The van der Waals surface area contributed by atoms with Crippen molar-refractivity contribution in [1.29, 1.82) is 0 Å². The number of halogens is 1. The van der Waals surface area contributed by atoms with Gasteiger partial charge in [-0.1, -0.05) is 53.6 Å². The number of rotatable bonds is 6. The number of H-pyrrole nitrogens is 1. The third kappa shape index (κ3) is 4.38. The lowest BCUT2D eigenvalue weighted by molar-refractivity contribution is 0.0323. The molecule has 0 atom stereocenters. The highest BCUT2D eigenvalue weighted by molar-refractivity contribution is 6.30. The number of pyridine rings is 1. The number of fused-ring (bicyclic) bond motifs is 3. The van der Waals surface area contributed by atoms with Crippen LogP contribution in [0.4, 0.5) is 0 Å². The van der Waals surface area contributed by atoms with Crippen molar-refractivity contribution < 1.29 is 9.47 Å². The topological polar surface area (TPSA) is 67.7 Å². The van der Waals surface area contributed by atoms with Gasteiger partial charge in [-0.3, -0.25) is 10.00 Å². The van der Waals surface area contributed by atoms with E-state index in [2.05, 4.69) is 52.4 Å². The van der Waals surface area contributed by atoms with Crippen LogP contribution in [0.1, 0.15) is 5.56 Å². The predicted octanol–water partition coefficient (Wildman–Crippen LogP) is 5.22. The average Bonchev–Trinajstić information content (AvgIpc) is 3.45. The summed E-state index contributed by atoms with van der Waals surface area (Å²) < 4.78 is 13.8. The van der Waals surface area contributed by atoms with Crippen LogP contribution in [0.15, 0.2) is 60.8 Å². The van der Waals surface area contributed by atoms with E-state index in [0.29, 0.717) is 17.3 Å². The second kappa shape index (κ2) is 9.34. The molecule has 0 amide bonds. The van der Waals surface area contributed by atoms with E-state index in [1.807, 2.05) is 35.0 Å². The summed E-state index contributed by atoms with van der Waals surface area (Å²) in [5.74, 6) is 0.787. The molecule has 7 nitrogen and oxygen atoms in total. The Morgan fingerprint density at radius 3 is 2.51 bits per heavy atom. The third-order valence-corrected chi connectivity index (χ3v) is 6.73. The summed E-state index contributed by atoms with van der Waals surface area (Å²) in [5.41, 5.74) is 6.80. The molecule has 5 aromatic rings. The largest absolute Gasteiger partial charge is 0.490 e. The van der Waals surface area contributed by atoms with Crippen LogP contribution in [0.2, 0.25) is 5.02 Å². The average molecular weight is 488 g/mol. The van der Waals surface area contributed by atoms with Gasteiger partial charge in [0.1, 0.15) is 23.6 Å². The summed E-state index contributed by atoms with van der Waals surface area (Å²) in [6.07, 6.45) is 2.05. The van der Waals surface area contributed by atoms with Crippen LogP contribution in [0, 0.1) is 6.92 Å². The van der Waals surface area contributed by atoms with Crippen molar-refractivity contribution >= 4 is 28.2 Å². The van der Waals surface area contributed by atoms with Crippen molar-refractivity contribution in [2.75, 3.05) is 39.5 Å². The monoisotopic (exact) mass is 487 g/mol. The van der Waals surface area contributed by atoms with Gasteiger partial charge in [-0.2, -0.15) is 5.10 Å². The van der Waals surface area contributed by atoms with Crippen LogP contribution in [-0.2, 0) is 4.74 Å². The van der Waals surface area contributed by atoms with Crippen molar-refractivity contribution in [2.45, 2.75) is 6.92 Å². The van der Waals surface area contributed by atoms with Crippen LogP contribution >= 0.6 is 11.6 Å². The predicted molar refractivity (Wildman–Crippen MR) is 138 cm³/mol. The summed E-state index contributed by atoms with van der Waals surface area (Å²) in [6.45, 7) is 6.92. The first-order chi connectivity index (χ1) is 17.2. The van der Waals surface area contributed by atoms with Crippen LogP contribution < -0.4 is 4.74 Å². The van der Waals surface area contributed by atoms with E-state index in [1.54, 1.807) is 0 Å². The van der Waals surface area contributed by atoms with Crippen molar-refractivity contribution in [1.82, 2.24) is 24.7 Å². The van der Waals surface area contributed by atoms with Gasteiger partial charge in [-0.15, -0.1) is 5.10 Å². The second-order valence-electron chi connectivity index (χ2n) is 8.86. The van der Waals surface area contributed by atoms with Crippen LogP contribution in [0.3, 0.4) is 0 Å². The third-order valence-electron chi connectivity index (χ3n) is 6.47. The fraction of sp³-hybridized carbons (Fsp3) is 0.259. The Bertz CT molecular complexity index is 1470. The summed E-state index contributed by atoms with van der Waals surface area (Å²) >= 11 is 6.12. The first-order valence-corrected chi connectivity index (χ1v) is 12.2. The molecular weight excluding hydrogens is 462 g/mol. The van der Waals surface area contributed by atoms with Crippen LogP contribution in [0.25, 0.3) is 38.9 Å². The molecule has 0 aliphatic carbocycles. The quantitative estimate of drug-likeness (QED) is 0.356. The first-order valence-electron chi connectivity index (χ1n) is 11.8. The Kier molecular flexibility index (Phi) is 5.90. The molecule has 1 fully saturated rings. The Hall–Kier alpha value is -3.39. The highest BCUT2D eigenvalue weighted by atomic mass is 35.5. The molecule has 1 aliphatic heterocycles. The molecule has 0 radical (unpaired) electrons. The van der Waals surface area contributed by atoms with Crippen molar-refractivity contribution in [3.63, 3.8) is 0 Å². The van der Waals surface area contributed by atoms with E-state index in [9.17, 15) is 0 Å². The van der Waals surface area contributed by atoms with E-state index in [0.717, 1.165) is 71.9 Å². The Labute approximate surface area is 208 Å². The lowest BCUT2D eigenvalue weighted by Gasteiger charge is -2.26. The number of hydrogen-bond donors (Lipinski definition) is 1. The molecule has 1 N–H and O–H groups in total.